The van der Waals surface area contributed by atoms with E-state index in [0.717, 1.165) is 17.4 Å². The van der Waals surface area contributed by atoms with Crippen molar-refractivity contribution in [2.75, 3.05) is 11.9 Å². The number of rotatable bonds is 7. The van der Waals surface area contributed by atoms with Crippen LogP contribution in [0.15, 0.2) is 16.2 Å². The van der Waals surface area contributed by atoms with Crippen molar-refractivity contribution in [2.45, 2.75) is 44.8 Å². The third-order valence-corrected chi connectivity index (χ3v) is 4.82. The Morgan fingerprint density at radius 2 is 2.10 bits per heavy atom. The van der Waals surface area contributed by atoms with Gasteiger partial charge in [0.05, 0.1) is 24.4 Å². The lowest BCUT2D eigenvalue weighted by atomic mass is 10.2. The van der Waals surface area contributed by atoms with Crippen LogP contribution in [-0.4, -0.2) is 33.2 Å². The first-order valence-corrected chi connectivity index (χ1v) is 9.64. The van der Waals surface area contributed by atoms with Crippen LogP contribution in [0.25, 0.3) is 0 Å². The van der Waals surface area contributed by atoms with Gasteiger partial charge in [0.2, 0.25) is 5.91 Å². The van der Waals surface area contributed by atoms with E-state index in [1.165, 1.54) is 0 Å². The van der Waals surface area contributed by atoms with Crippen LogP contribution in [0.3, 0.4) is 0 Å². The van der Waals surface area contributed by atoms with Crippen molar-refractivity contribution in [3.8, 4) is 0 Å². The Labute approximate surface area is 166 Å². The first-order valence-electron chi connectivity index (χ1n) is 8.76. The predicted octanol–water partition coefficient (Wildman–Crippen LogP) is 2.34. The van der Waals surface area contributed by atoms with E-state index < -0.39 is 35.7 Å². The molecule has 1 N–H and O–H groups in total. The summed E-state index contributed by atoms with van der Waals surface area (Å²) in [5, 5.41) is 8.02. The molecule has 1 amide bonds. The van der Waals surface area contributed by atoms with E-state index in [0.29, 0.717) is 23.2 Å². The maximum atomic E-state index is 13.2. The summed E-state index contributed by atoms with van der Waals surface area (Å²) in [6, 6.07) is 0.761. The molecule has 2 aromatic rings. The number of thiazole rings is 1. The van der Waals surface area contributed by atoms with E-state index >= 15 is 0 Å². The maximum absolute atomic E-state index is 13.2. The molecular weight excluding hydrogens is 413 g/mol. The van der Waals surface area contributed by atoms with Gasteiger partial charge in [-0.1, -0.05) is 0 Å². The lowest BCUT2D eigenvalue weighted by molar-refractivity contribution is -0.142. The summed E-state index contributed by atoms with van der Waals surface area (Å²) in [7, 11) is 0. The Morgan fingerprint density at radius 3 is 2.72 bits per heavy atom. The van der Waals surface area contributed by atoms with Crippen molar-refractivity contribution in [1.29, 1.82) is 0 Å². The summed E-state index contributed by atoms with van der Waals surface area (Å²) >= 11 is 1.04. The molecule has 0 atom stereocenters. The molecule has 0 aliphatic heterocycles. The SMILES string of the molecule is CCOC(=O)Cc1csc(NC(=O)Cn2nc(C3CC3)cc(C(F)(F)F)c2=O)n1. The second-order valence-corrected chi connectivity index (χ2v) is 7.25. The minimum Gasteiger partial charge on any atom is -0.466 e. The number of alkyl halides is 3. The molecule has 0 radical (unpaired) electrons. The fraction of sp³-hybridized carbons (Fsp3) is 0.471. The Hall–Kier alpha value is -2.76. The van der Waals surface area contributed by atoms with Crippen molar-refractivity contribution in [3.05, 3.63) is 38.8 Å². The molecule has 3 rings (SSSR count). The lowest BCUT2D eigenvalue weighted by Gasteiger charge is -2.12. The van der Waals surface area contributed by atoms with Gasteiger partial charge in [-0.3, -0.25) is 14.4 Å². The van der Waals surface area contributed by atoms with E-state index in [-0.39, 0.29) is 29.8 Å². The number of amides is 1. The molecule has 29 heavy (non-hydrogen) atoms. The van der Waals surface area contributed by atoms with E-state index in [2.05, 4.69) is 15.4 Å². The Kier molecular flexibility index (Phi) is 6.01. The quantitative estimate of drug-likeness (QED) is 0.677. The standard InChI is InChI=1S/C17H17F3N4O4S/c1-2-28-14(26)5-10-8-29-16(21-10)22-13(25)7-24-15(27)11(17(18,19)20)6-12(23-24)9-3-4-9/h6,8-9H,2-5,7H2,1H3,(H,21,22,25). The van der Waals surface area contributed by atoms with E-state index in [4.69, 9.17) is 4.74 Å². The van der Waals surface area contributed by atoms with E-state index in [9.17, 15) is 27.6 Å². The fourth-order valence-corrected chi connectivity index (χ4v) is 3.28. The summed E-state index contributed by atoms with van der Waals surface area (Å²) < 4.78 is 44.8. The van der Waals surface area contributed by atoms with Crippen LogP contribution < -0.4 is 10.9 Å². The Balaban J connectivity index is 1.72. The molecule has 2 heterocycles. The number of anilines is 1. The minimum atomic E-state index is -4.83. The number of carbonyl (C=O) groups excluding carboxylic acids is 2. The molecule has 1 aliphatic carbocycles. The van der Waals surface area contributed by atoms with Gasteiger partial charge in [-0.2, -0.15) is 18.3 Å². The van der Waals surface area contributed by atoms with Crippen molar-refractivity contribution in [3.63, 3.8) is 0 Å². The van der Waals surface area contributed by atoms with Gasteiger partial charge in [0.15, 0.2) is 5.13 Å². The highest BCUT2D eigenvalue weighted by Gasteiger charge is 2.37. The predicted molar refractivity (Wildman–Crippen MR) is 96.6 cm³/mol. The van der Waals surface area contributed by atoms with Crippen molar-refractivity contribution < 1.29 is 27.5 Å². The van der Waals surface area contributed by atoms with Crippen LogP contribution >= 0.6 is 11.3 Å². The summed E-state index contributed by atoms with van der Waals surface area (Å²) in [5.41, 5.74) is -2.18. The number of carbonyl (C=O) groups is 2. The number of aromatic nitrogens is 3. The smallest absolute Gasteiger partial charge is 0.421 e. The Morgan fingerprint density at radius 1 is 1.38 bits per heavy atom. The van der Waals surface area contributed by atoms with Gasteiger partial charge in [-0.05, 0) is 25.8 Å². The molecule has 0 saturated heterocycles. The van der Waals surface area contributed by atoms with Gasteiger partial charge in [0.25, 0.3) is 5.56 Å². The van der Waals surface area contributed by atoms with Gasteiger partial charge in [0, 0.05) is 11.3 Å². The Bertz CT molecular complexity index is 982. The van der Waals surface area contributed by atoms with Gasteiger partial charge in [0.1, 0.15) is 12.1 Å². The number of nitrogens with one attached hydrogen (secondary N) is 1. The van der Waals surface area contributed by atoms with Crippen LogP contribution in [0.2, 0.25) is 0 Å². The topological polar surface area (TPSA) is 103 Å². The van der Waals surface area contributed by atoms with E-state index in [1.54, 1.807) is 12.3 Å². The molecular formula is C17H17F3N4O4S. The van der Waals surface area contributed by atoms with Gasteiger partial charge in [-0.25, -0.2) is 9.67 Å². The lowest BCUT2D eigenvalue weighted by Crippen LogP contribution is -2.35. The van der Waals surface area contributed by atoms with Crippen LogP contribution in [-0.2, 0) is 33.5 Å². The molecule has 0 spiro atoms. The zero-order valence-corrected chi connectivity index (χ0v) is 16.1. The average molecular weight is 430 g/mol. The molecule has 1 saturated carbocycles. The van der Waals surface area contributed by atoms with Crippen molar-refractivity contribution in [2.24, 2.45) is 0 Å². The zero-order chi connectivity index (χ0) is 21.2. The number of hydrogen-bond acceptors (Lipinski definition) is 7. The molecule has 1 fully saturated rings. The van der Waals surface area contributed by atoms with Crippen LogP contribution in [0.4, 0.5) is 18.3 Å². The zero-order valence-electron chi connectivity index (χ0n) is 15.3. The van der Waals surface area contributed by atoms with Gasteiger partial charge >= 0.3 is 12.1 Å². The highest BCUT2D eigenvalue weighted by atomic mass is 32.1. The van der Waals surface area contributed by atoms with Crippen molar-refractivity contribution in [1.82, 2.24) is 14.8 Å². The summed E-state index contributed by atoms with van der Waals surface area (Å²) in [6.07, 6.45) is -3.52. The van der Waals surface area contributed by atoms with E-state index in [1.807, 2.05) is 0 Å². The van der Waals surface area contributed by atoms with Crippen LogP contribution in [0.1, 0.15) is 42.6 Å². The molecule has 0 aromatic carbocycles. The first kappa shape index (κ1) is 21.0. The van der Waals surface area contributed by atoms with Crippen LogP contribution in [0, 0.1) is 0 Å². The number of hydrogen-bond donors (Lipinski definition) is 1. The first-order chi connectivity index (χ1) is 13.7. The maximum Gasteiger partial charge on any atom is 0.421 e. The second-order valence-electron chi connectivity index (χ2n) is 6.39. The monoisotopic (exact) mass is 430 g/mol. The normalized spacial score (nSPS) is 13.9. The fourth-order valence-electron chi connectivity index (χ4n) is 2.55. The molecule has 2 aromatic heterocycles. The molecule has 8 nitrogen and oxygen atoms in total. The van der Waals surface area contributed by atoms with Crippen molar-refractivity contribution >= 4 is 28.3 Å². The minimum absolute atomic E-state index is 0.0698. The number of esters is 1. The summed E-state index contributed by atoms with van der Waals surface area (Å²) in [4.78, 5) is 39.8. The largest absolute Gasteiger partial charge is 0.466 e. The summed E-state index contributed by atoms with van der Waals surface area (Å²) in [6.45, 7) is 1.21. The third kappa shape index (κ3) is 5.40. The molecule has 156 valence electrons. The van der Waals surface area contributed by atoms with Crippen LogP contribution in [0.5, 0.6) is 0 Å². The number of halogens is 3. The number of nitrogens with zero attached hydrogens (tertiary/aromatic N) is 3. The molecule has 0 bridgehead atoms. The van der Waals surface area contributed by atoms with Gasteiger partial charge < -0.3 is 10.1 Å². The van der Waals surface area contributed by atoms with Gasteiger partial charge in [-0.15, -0.1) is 11.3 Å². The highest BCUT2D eigenvalue weighted by Crippen LogP contribution is 2.40. The molecule has 0 unspecified atom stereocenters. The summed E-state index contributed by atoms with van der Waals surface area (Å²) in [5.74, 6) is -1.35. The average Bonchev–Trinajstić information content (AvgIpc) is 3.38. The molecule has 1 aliphatic rings. The molecule has 12 heteroatoms. The number of ether oxygens (including phenoxy) is 1. The third-order valence-electron chi connectivity index (χ3n) is 4.02. The highest BCUT2D eigenvalue weighted by molar-refractivity contribution is 7.13. The second kappa shape index (κ2) is 8.31.